The smallest absolute Gasteiger partial charge is 0.171 e. The second kappa shape index (κ2) is 14.7. The van der Waals surface area contributed by atoms with Gasteiger partial charge in [0.25, 0.3) is 0 Å². The Kier molecular flexibility index (Phi) is 9.16. The number of hydrogen-bond acceptors (Lipinski definition) is 4. The molecule has 62 heavy (non-hydrogen) atoms. The van der Waals surface area contributed by atoms with Crippen molar-refractivity contribution in [3.05, 3.63) is 231 Å². The third-order valence-electron chi connectivity index (χ3n) is 12.5. The van der Waals surface area contributed by atoms with Gasteiger partial charge in [0.15, 0.2) is 14.3 Å². The molecule has 2 aliphatic rings. The van der Waals surface area contributed by atoms with Crippen molar-refractivity contribution in [2.24, 2.45) is 0 Å². The van der Waals surface area contributed by atoms with Gasteiger partial charge in [-0.05, 0) is 115 Å². The summed E-state index contributed by atoms with van der Waals surface area (Å²) < 4.78 is 64.1. The van der Waals surface area contributed by atoms with E-state index in [-0.39, 0.29) is 0 Å². The highest BCUT2D eigenvalue weighted by atomic mass is 32.2. The van der Waals surface area contributed by atoms with Gasteiger partial charge in [0.1, 0.15) is 0 Å². The predicted molar refractivity (Wildman–Crippen MR) is 258 cm³/mol. The van der Waals surface area contributed by atoms with Crippen molar-refractivity contribution in [3.8, 4) is 22.3 Å². The number of fused-ring (bicyclic) bond motifs is 6. The molecule has 0 fully saturated rings. The van der Waals surface area contributed by atoms with Gasteiger partial charge in [-0.15, -0.1) is 0 Å². The molecule has 2 aliphatic heterocycles. The summed E-state index contributed by atoms with van der Waals surface area (Å²) in [6.45, 7) is 0. The largest absolute Gasteiger partial charge is 0.309 e. The quantitative estimate of drug-likeness (QED) is 0.118. The molecule has 9 aromatic rings. The summed E-state index contributed by atoms with van der Waals surface area (Å²) in [6, 6.07) is 72.8. The SMILES string of the molecule is O=P(c1ccccc1)(c1ccccc1)c1ccc2c(c1)-c1cc3c(cc1[SH]2(=O)c1ccccc1)[SH](=O)(c1ccccc1)c1ccc(P(=O)(c2ccccc2)c2ccccc2)cc1-3. The average Bonchev–Trinajstić information content (AvgIpc) is 3.76. The van der Waals surface area contributed by atoms with E-state index in [2.05, 4.69) is 0 Å². The van der Waals surface area contributed by atoms with Crippen LogP contribution in [-0.2, 0) is 29.0 Å². The maximum absolute atomic E-state index is 16.3. The zero-order valence-corrected chi connectivity index (χ0v) is 36.9. The number of hydrogen-bond donors (Lipinski definition) is 2. The Hall–Kier alpha value is -6.26. The van der Waals surface area contributed by atoms with Gasteiger partial charge >= 0.3 is 0 Å². The Morgan fingerprint density at radius 3 is 0.839 bits per heavy atom. The summed E-state index contributed by atoms with van der Waals surface area (Å²) in [4.78, 5) is 3.85. The lowest BCUT2D eigenvalue weighted by Crippen LogP contribution is -2.25. The molecule has 11 rings (SSSR count). The molecule has 0 radical (unpaired) electrons. The monoisotopic (exact) mass is 878 g/mol. The van der Waals surface area contributed by atoms with E-state index in [0.29, 0.717) is 61.2 Å². The normalized spacial score (nSPS) is 15.4. The summed E-state index contributed by atoms with van der Waals surface area (Å²) in [5.41, 5.74) is 2.95. The molecule has 9 aromatic carbocycles. The fraction of sp³-hybridized carbons (Fsp3) is 0. The minimum Gasteiger partial charge on any atom is -0.309 e. The molecule has 2 heterocycles. The molecule has 4 nitrogen and oxygen atoms in total. The van der Waals surface area contributed by atoms with E-state index in [1.54, 1.807) is 0 Å². The number of thiol groups is 2. The highest BCUT2D eigenvalue weighted by Crippen LogP contribution is 2.59. The van der Waals surface area contributed by atoms with Gasteiger partial charge in [0.2, 0.25) is 0 Å². The highest BCUT2D eigenvalue weighted by Gasteiger charge is 2.44. The van der Waals surface area contributed by atoms with Crippen LogP contribution in [0.2, 0.25) is 0 Å². The molecule has 0 spiro atoms. The van der Waals surface area contributed by atoms with Crippen molar-refractivity contribution in [1.29, 1.82) is 0 Å². The minimum atomic E-state index is -3.57. The van der Waals surface area contributed by atoms with Gasteiger partial charge in [0.05, 0.1) is 0 Å². The van der Waals surface area contributed by atoms with Gasteiger partial charge in [-0.3, -0.25) is 8.42 Å². The lowest BCUT2D eigenvalue weighted by atomic mass is 9.99. The summed E-state index contributed by atoms with van der Waals surface area (Å²) in [7, 11) is -14.0. The highest BCUT2D eigenvalue weighted by molar-refractivity contribution is 8.04. The second-order valence-corrected chi connectivity index (χ2v) is 26.7. The summed E-state index contributed by atoms with van der Waals surface area (Å²) in [5.74, 6) is 0. The number of rotatable bonds is 8. The fourth-order valence-corrected chi connectivity index (χ4v) is 21.0. The van der Waals surface area contributed by atoms with Crippen LogP contribution in [0.3, 0.4) is 0 Å². The zero-order chi connectivity index (χ0) is 42.1. The summed E-state index contributed by atoms with van der Waals surface area (Å²) >= 11 is 0. The maximum Gasteiger partial charge on any atom is 0.171 e. The van der Waals surface area contributed by atoms with Crippen LogP contribution in [0.5, 0.6) is 0 Å². The van der Waals surface area contributed by atoms with Crippen LogP contribution in [0.4, 0.5) is 0 Å². The van der Waals surface area contributed by atoms with Gasteiger partial charge < -0.3 is 9.13 Å². The fourth-order valence-electron chi connectivity index (χ4n) is 9.49. The van der Waals surface area contributed by atoms with Crippen LogP contribution < -0.4 is 31.8 Å². The van der Waals surface area contributed by atoms with Gasteiger partial charge in [-0.2, -0.15) is 0 Å². The first kappa shape index (κ1) is 38.6. The summed E-state index contributed by atoms with van der Waals surface area (Å²) in [6.07, 6.45) is 0. The molecule has 0 bridgehead atoms. The van der Waals surface area contributed by atoms with Crippen molar-refractivity contribution < 1.29 is 17.5 Å². The third kappa shape index (κ3) is 5.58. The zero-order valence-electron chi connectivity index (χ0n) is 33.4. The van der Waals surface area contributed by atoms with E-state index in [1.165, 1.54) is 0 Å². The van der Waals surface area contributed by atoms with Crippen molar-refractivity contribution in [2.45, 2.75) is 29.4 Å². The molecule has 0 unspecified atom stereocenters. The molecule has 302 valence electrons. The Morgan fingerprint density at radius 1 is 0.258 bits per heavy atom. The average molecular weight is 879 g/mol. The Bertz CT molecular complexity index is 3090. The van der Waals surface area contributed by atoms with Crippen LogP contribution in [0.25, 0.3) is 22.3 Å². The third-order valence-corrected chi connectivity index (χ3v) is 24.9. The topological polar surface area (TPSA) is 68.3 Å². The van der Waals surface area contributed by atoms with Crippen LogP contribution in [0, 0.1) is 0 Å². The number of benzene rings is 9. The van der Waals surface area contributed by atoms with E-state index < -0.39 is 34.1 Å². The van der Waals surface area contributed by atoms with E-state index in [0.717, 1.165) is 22.3 Å². The molecule has 0 N–H and O–H groups in total. The van der Waals surface area contributed by atoms with Crippen LogP contribution in [0.15, 0.2) is 260 Å². The summed E-state index contributed by atoms with van der Waals surface area (Å²) in [5, 5.41) is 4.08. The lowest BCUT2D eigenvalue weighted by Gasteiger charge is -2.25. The first-order chi connectivity index (χ1) is 30.3. The molecule has 0 amide bonds. The Labute approximate surface area is 363 Å². The van der Waals surface area contributed by atoms with Crippen LogP contribution in [0.1, 0.15) is 0 Å². The molecular formula is C54H40O4P2S2. The molecule has 0 aliphatic carbocycles. The van der Waals surface area contributed by atoms with E-state index >= 15 is 17.5 Å². The van der Waals surface area contributed by atoms with E-state index in [9.17, 15) is 0 Å². The molecule has 8 heteroatoms. The maximum atomic E-state index is 16.3. The van der Waals surface area contributed by atoms with Gasteiger partial charge in [-0.1, -0.05) is 158 Å². The van der Waals surface area contributed by atoms with Crippen LogP contribution >= 0.6 is 14.3 Å². The van der Waals surface area contributed by atoms with Gasteiger partial charge in [-0.25, -0.2) is 0 Å². The predicted octanol–water partition coefficient (Wildman–Crippen LogP) is 9.91. The van der Waals surface area contributed by atoms with Crippen molar-refractivity contribution >= 4 is 66.0 Å². The first-order valence-corrected chi connectivity index (χ1v) is 27.3. The van der Waals surface area contributed by atoms with E-state index in [4.69, 9.17) is 0 Å². The van der Waals surface area contributed by atoms with Crippen molar-refractivity contribution in [1.82, 2.24) is 0 Å². The molecule has 0 saturated carbocycles. The molecule has 0 saturated heterocycles. The van der Waals surface area contributed by atoms with Crippen molar-refractivity contribution in [3.63, 3.8) is 0 Å². The minimum absolute atomic E-state index is 0.604. The standard InChI is InChI=1S/C54H40O4P2S2/c55-59(39-19-7-1-8-20-39,40-21-9-2-10-22-40)43-31-33-51-47(35-43)49-37-50-48-36-44(60(56,41-23-11-3-12-24-41)42-25-13-4-14-26-42)32-34-52(48)62(58,46-29-17-6-18-30-46)54(50)38-53(49)61(51,57)45-27-15-5-16-28-45/h1-38,61-62H. The molecular weight excluding hydrogens is 839 g/mol. The van der Waals surface area contributed by atoms with Crippen molar-refractivity contribution in [2.75, 3.05) is 0 Å². The van der Waals surface area contributed by atoms with Crippen LogP contribution in [-0.4, -0.2) is 8.42 Å². The molecule has 0 aromatic heterocycles. The van der Waals surface area contributed by atoms with E-state index in [1.807, 2.05) is 231 Å². The Morgan fingerprint density at radius 2 is 0.532 bits per heavy atom. The Balaban J connectivity index is 1.21. The lowest BCUT2D eigenvalue weighted by molar-refractivity contribution is 0.591. The second-order valence-electron chi connectivity index (χ2n) is 15.7. The first-order valence-electron chi connectivity index (χ1n) is 20.5. The molecule has 0 atom stereocenters. The van der Waals surface area contributed by atoms with Gasteiger partial charge in [0, 0.05) is 61.2 Å².